The van der Waals surface area contributed by atoms with Gasteiger partial charge in [-0.1, -0.05) is 422 Å². The van der Waals surface area contributed by atoms with E-state index in [1.54, 1.807) is 0 Å². The van der Waals surface area contributed by atoms with Crippen molar-refractivity contribution < 1.29 is 9.53 Å². The van der Waals surface area contributed by atoms with Crippen LogP contribution in [-0.2, 0) is 9.53 Å². The van der Waals surface area contributed by atoms with Crippen molar-refractivity contribution in [2.75, 3.05) is 0 Å². The van der Waals surface area contributed by atoms with Crippen molar-refractivity contribution in [2.24, 2.45) is 186 Å². The van der Waals surface area contributed by atoms with Crippen LogP contribution >= 0.6 is 0 Å². The molecule has 0 saturated heterocycles. The standard InChI is InChI=1S/C135H264O2/c1-64-104(31,32)107(36,66-3)109(38,68-5)111(40,70-7)113(42,72-9)115(44,74-11)117(46,76-13)119(48,78-15)121(50,80-17)123(52,82-19)125(54,84-21)127(56,86-23)129(58,88-25)131(60,90-27)133(62,92-29)134(63,93-30)132(61,91-28)130(59,89-26)128(57,87-24)126(55,85-22)124(53,83-20)122(51,81-18)120(49,79-16)118(47,77-14)116(45,75-12)114(43,73-10)112(41,71-8)110(39,69-6)108(37,67-4)106(35,65-2)103(136)137-105(33,34)135-97-100-94-101(98-135)96-102(95-100)99-135/h100-102H,64-99H2,1-63H3. The average Bonchev–Trinajstić information content (AvgIpc) is 0.651. The van der Waals surface area contributed by atoms with Crippen molar-refractivity contribution in [3.05, 3.63) is 0 Å². The van der Waals surface area contributed by atoms with Gasteiger partial charge in [-0.15, -0.1) is 0 Å². The molecule has 4 fully saturated rings. The number of carbonyl (C=O) groups excluding carboxylic acids is 1. The molecule has 137 heavy (non-hydrogen) atoms. The van der Waals surface area contributed by atoms with Gasteiger partial charge in [0.25, 0.3) is 0 Å². The van der Waals surface area contributed by atoms with E-state index in [-0.39, 0.29) is 163 Å². The van der Waals surface area contributed by atoms with Crippen molar-refractivity contribution in [2.45, 2.75) is 673 Å². The minimum Gasteiger partial charge on any atom is -0.459 e. The average molecular weight is 1920 g/mol. The second-order valence-corrected chi connectivity index (χ2v) is 58.2. The summed E-state index contributed by atoms with van der Waals surface area (Å²) in [6.07, 6.45) is 41.1. The van der Waals surface area contributed by atoms with E-state index in [0.717, 1.165) is 178 Å². The molecule has 0 spiro atoms. The summed E-state index contributed by atoms with van der Waals surface area (Å²) in [7, 11) is 0. The van der Waals surface area contributed by atoms with E-state index < -0.39 is 16.4 Å². The second kappa shape index (κ2) is 42.4. The number of carbonyl (C=O) groups is 1. The van der Waals surface area contributed by atoms with Crippen molar-refractivity contribution in [1.82, 2.24) is 0 Å². The van der Waals surface area contributed by atoms with E-state index in [1.165, 1.54) is 70.6 Å². The van der Waals surface area contributed by atoms with Gasteiger partial charge in [-0.05, 0) is 420 Å². The maximum Gasteiger partial charge on any atom is 0.312 e. The first-order valence-electron chi connectivity index (χ1n) is 61.4. The first kappa shape index (κ1) is 131. The Morgan fingerprint density at radius 1 is 0.168 bits per heavy atom. The Kier molecular flexibility index (Phi) is 40.4. The fourth-order valence-corrected chi connectivity index (χ4v) is 45.6. The molecule has 4 aliphatic carbocycles. The molecule has 2 nitrogen and oxygen atoms in total. The lowest BCUT2D eigenvalue weighted by molar-refractivity contribution is -0.316. The van der Waals surface area contributed by atoms with Crippen LogP contribution in [0.4, 0.5) is 0 Å². The summed E-state index contributed by atoms with van der Waals surface area (Å²) in [6.45, 7) is 173. The maximum atomic E-state index is 16.5. The fourth-order valence-electron chi connectivity index (χ4n) is 45.6. The highest BCUT2D eigenvalue weighted by Gasteiger charge is 2.82. The van der Waals surface area contributed by atoms with Crippen molar-refractivity contribution in [3.8, 4) is 0 Å². The topological polar surface area (TPSA) is 26.3 Å². The first-order chi connectivity index (χ1) is 62.2. The van der Waals surface area contributed by atoms with Gasteiger partial charge in [0.1, 0.15) is 5.60 Å². The molecular weight excluding hydrogens is 1650 g/mol. The van der Waals surface area contributed by atoms with Gasteiger partial charge < -0.3 is 4.74 Å². The Morgan fingerprint density at radius 2 is 0.277 bits per heavy atom. The van der Waals surface area contributed by atoms with Gasteiger partial charge in [0, 0.05) is 5.41 Å². The summed E-state index contributed by atoms with van der Waals surface area (Å²) < 4.78 is 7.52. The third kappa shape index (κ3) is 15.3. The molecule has 4 aliphatic rings. The zero-order valence-electron chi connectivity index (χ0n) is 108. The van der Waals surface area contributed by atoms with Crippen molar-refractivity contribution in [1.29, 1.82) is 0 Å². The highest BCUT2D eigenvalue weighted by Crippen LogP contribution is 2.89. The molecule has 4 bridgehead atoms. The van der Waals surface area contributed by atoms with Crippen molar-refractivity contribution in [3.63, 3.8) is 0 Å². The number of esters is 1. The SMILES string of the molecule is CCC(C)(C)C(C)(CC)C(C)(CC)C(C)(CC)C(C)(CC)C(C)(CC)C(C)(CC)C(C)(CC)C(C)(CC)C(C)(CC)C(C)(CC)C(C)(CC)C(C)(CC)C(C)(CC)C(C)(CC)C(C)(CC)C(C)(CC)C(C)(CC)C(C)(CC)C(C)(CC)C(C)(CC)C(C)(CC)C(C)(CC)C(C)(CC)C(C)(CC)C(C)(CC)C(C)(CC)C(C)(CC)C(C)(CC)C(C)(CC)C(=O)OC(C)(C)C12CC3CC(CC(C3)C1)C2. The van der Waals surface area contributed by atoms with E-state index in [9.17, 15) is 0 Å². The molecule has 0 aromatic carbocycles. The van der Waals surface area contributed by atoms with Crippen LogP contribution in [0.15, 0.2) is 0 Å². The van der Waals surface area contributed by atoms with Crippen LogP contribution in [0, 0.1) is 186 Å². The van der Waals surface area contributed by atoms with Gasteiger partial charge in [-0.3, -0.25) is 4.79 Å². The van der Waals surface area contributed by atoms with Crippen LogP contribution in [0.1, 0.15) is 667 Å². The third-order valence-corrected chi connectivity index (χ3v) is 63.1. The zero-order valence-corrected chi connectivity index (χ0v) is 108. The predicted octanol–water partition coefficient (Wildman–Crippen LogP) is 46.0. The molecule has 816 valence electrons. The van der Waals surface area contributed by atoms with Gasteiger partial charge >= 0.3 is 5.97 Å². The first-order valence-corrected chi connectivity index (χ1v) is 61.4. The minimum atomic E-state index is -0.728. The largest absolute Gasteiger partial charge is 0.459 e. The van der Waals surface area contributed by atoms with Gasteiger partial charge in [0.15, 0.2) is 0 Å². The van der Waals surface area contributed by atoms with E-state index >= 15 is 4.79 Å². The van der Waals surface area contributed by atoms with Crippen LogP contribution < -0.4 is 0 Å². The normalized spacial score (nSPS) is 30.1. The molecule has 4 saturated carbocycles. The molecule has 2 heteroatoms. The Bertz CT molecular complexity index is 3730. The van der Waals surface area contributed by atoms with Crippen LogP contribution in [0.3, 0.4) is 0 Å². The molecule has 0 amide bonds. The lowest BCUT2D eigenvalue weighted by Gasteiger charge is -2.79. The molecule has 0 radical (unpaired) electrons. The number of rotatable bonds is 62. The highest BCUT2D eigenvalue weighted by atomic mass is 16.6. The molecule has 0 aromatic heterocycles. The fraction of sp³-hybridized carbons (Fsp3) is 0.993. The molecular formula is C135H264O2. The second-order valence-electron chi connectivity index (χ2n) is 58.2. The molecule has 0 heterocycles. The lowest BCUT2D eigenvalue weighted by atomic mass is 9.25. The Morgan fingerprint density at radius 3 is 0.380 bits per heavy atom. The molecule has 29 unspecified atom stereocenters. The molecule has 0 aliphatic heterocycles. The summed E-state index contributed by atoms with van der Waals surface area (Å²) in [4.78, 5) is 16.5. The monoisotopic (exact) mass is 1920 g/mol. The summed E-state index contributed by atoms with van der Waals surface area (Å²) in [5.41, 5.74) is -4.48. The molecule has 29 atom stereocenters. The Labute approximate surface area is 868 Å². The van der Waals surface area contributed by atoms with E-state index in [4.69, 9.17) is 4.74 Å². The lowest BCUT2D eigenvalue weighted by Crippen LogP contribution is -2.73. The third-order valence-electron chi connectivity index (χ3n) is 63.1. The number of hydrogen-bond acceptors (Lipinski definition) is 2. The quantitative estimate of drug-likeness (QED) is 0.0568. The van der Waals surface area contributed by atoms with Crippen LogP contribution in [0.5, 0.6) is 0 Å². The zero-order chi connectivity index (χ0) is 108. The number of hydrogen-bond donors (Lipinski definition) is 0. The molecule has 4 rings (SSSR count). The maximum absolute atomic E-state index is 16.5. The van der Waals surface area contributed by atoms with Crippen LogP contribution in [-0.4, -0.2) is 11.6 Å². The van der Waals surface area contributed by atoms with Gasteiger partial charge in [0.2, 0.25) is 0 Å². The van der Waals surface area contributed by atoms with Gasteiger partial charge in [-0.2, -0.15) is 0 Å². The van der Waals surface area contributed by atoms with Crippen LogP contribution in [0.25, 0.3) is 0 Å². The minimum absolute atomic E-state index is 0.0148. The highest BCUT2D eigenvalue weighted by molar-refractivity contribution is 5.78. The summed E-state index contributed by atoms with van der Waals surface area (Å²) in [5, 5.41) is 0. The summed E-state index contributed by atoms with van der Waals surface area (Å²) >= 11 is 0. The number of ether oxygens (including phenoxy) is 1. The van der Waals surface area contributed by atoms with Gasteiger partial charge in [0.05, 0.1) is 5.41 Å². The van der Waals surface area contributed by atoms with E-state index in [2.05, 4.69) is 436 Å². The van der Waals surface area contributed by atoms with E-state index in [1.807, 2.05) is 0 Å². The predicted molar refractivity (Wildman–Crippen MR) is 618 cm³/mol. The van der Waals surface area contributed by atoms with E-state index in [0.29, 0.717) is 0 Å². The smallest absolute Gasteiger partial charge is 0.312 e. The summed E-state index contributed by atoms with van der Waals surface area (Å²) in [6, 6.07) is 0. The molecule has 0 aromatic rings. The molecule has 0 N–H and O–H groups in total. The van der Waals surface area contributed by atoms with Gasteiger partial charge in [-0.25, -0.2) is 0 Å². The van der Waals surface area contributed by atoms with Crippen molar-refractivity contribution >= 4 is 5.97 Å². The Hall–Kier alpha value is -0.530. The summed E-state index contributed by atoms with van der Waals surface area (Å²) in [5.74, 6) is 2.43. The Balaban J connectivity index is 2.76. The van der Waals surface area contributed by atoms with Crippen LogP contribution in [0.2, 0.25) is 0 Å².